The van der Waals surface area contributed by atoms with E-state index < -0.39 is 0 Å². The van der Waals surface area contributed by atoms with Gasteiger partial charge in [0, 0.05) is 33.4 Å². The normalized spacial score (nSPS) is 22.0. The van der Waals surface area contributed by atoms with Gasteiger partial charge in [-0.05, 0) is 44.4 Å². The van der Waals surface area contributed by atoms with Crippen LogP contribution in [-0.2, 0) is 4.74 Å². The van der Waals surface area contributed by atoms with Gasteiger partial charge in [-0.25, -0.2) is 0 Å². The highest BCUT2D eigenvalue weighted by Crippen LogP contribution is 2.29. The topological polar surface area (TPSA) is 45.6 Å². The summed E-state index contributed by atoms with van der Waals surface area (Å²) in [7, 11) is 1.85. The second-order valence-corrected chi connectivity index (χ2v) is 6.08. The predicted octanol–water partition coefficient (Wildman–Crippen LogP) is 3.80. The van der Waals surface area contributed by atoms with Crippen LogP contribution in [0, 0.1) is 11.8 Å². The van der Waals surface area contributed by atoms with Crippen molar-refractivity contribution in [3.05, 3.63) is 0 Å². The van der Waals surface area contributed by atoms with Crippen molar-refractivity contribution >= 4 is 29.9 Å². The molecule has 0 heterocycles. The van der Waals surface area contributed by atoms with Gasteiger partial charge >= 0.3 is 0 Å². The van der Waals surface area contributed by atoms with Crippen molar-refractivity contribution in [1.29, 1.82) is 0 Å². The van der Waals surface area contributed by atoms with Gasteiger partial charge in [0.05, 0.1) is 0 Å². The number of halogens is 1. The van der Waals surface area contributed by atoms with Crippen LogP contribution in [0.4, 0.5) is 0 Å². The van der Waals surface area contributed by atoms with E-state index >= 15 is 0 Å². The highest BCUT2D eigenvalue weighted by atomic mass is 127. The summed E-state index contributed by atoms with van der Waals surface area (Å²) in [6, 6.07) is 0. The lowest BCUT2D eigenvalue weighted by Gasteiger charge is -2.28. The first-order chi connectivity index (χ1) is 10.3. The van der Waals surface area contributed by atoms with Gasteiger partial charge in [0.2, 0.25) is 0 Å². The largest absolute Gasteiger partial charge is 0.382 e. The number of rotatable bonds is 9. The fourth-order valence-corrected chi connectivity index (χ4v) is 2.99. The molecule has 1 rings (SSSR count). The molecule has 0 atom stereocenters. The Morgan fingerprint density at radius 2 is 1.73 bits per heavy atom. The van der Waals surface area contributed by atoms with Crippen LogP contribution in [0.1, 0.15) is 58.8 Å². The van der Waals surface area contributed by atoms with E-state index in [1.807, 2.05) is 14.0 Å². The molecule has 0 aromatic heterocycles. The number of guanidine groups is 1. The number of nitrogens with zero attached hydrogens (tertiary/aromatic N) is 1. The molecule has 0 aromatic carbocycles. The van der Waals surface area contributed by atoms with Crippen LogP contribution >= 0.6 is 24.0 Å². The Balaban J connectivity index is 0.00000441. The fourth-order valence-electron chi connectivity index (χ4n) is 2.99. The molecule has 1 aliphatic rings. The minimum absolute atomic E-state index is 0. The van der Waals surface area contributed by atoms with E-state index in [0.717, 1.165) is 56.9 Å². The molecule has 2 N–H and O–H groups in total. The molecule has 132 valence electrons. The molecule has 1 fully saturated rings. The lowest BCUT2D eigenvalue weighted by molar-refractivity contribution is 0.143. The summed E-state index contributed by atoms with van der Waals surface area (Å²) in [4.78, 5) is 4.30. The molecule has 1 saturated carbocycles. The van der Waals surface area contributed by atoms with Crippen LogP contribution in [0.3, 0.4) is 0 Å². The lowest BCUT2D eigenvalue weighted by atomic mass is 9.81. The van der Waals surface area contributed by atoms with E-state index in [2.05, 4.69) is 22.5 Å². The molecule has 1 aliphatic carbocycles. The summed E-state index contributed by atoms with van der Waals surface area (Å²) in [6.07, 6.45) is 9.15. The Morgan fingerprint density at radius 1 is 1.05 bits per heavy atom. The van der Waals surface area contributed by atoms with E-state index in [1.165, 1.54) is 32.1 Å². The number of unbranched alkanes of at least 4 members (excludes halogenated alkanes) is 1. The first-order valence-electron chi connectivity index (χ1n) is 8.82. The highest BCUT2D eigenvalue weighted by Gasteiger charge is 2.19. The average Bonchev–Trinajstić information content (AvgIpc) is 2.54. The van der Waals surface area contributed by atoms with Crippen LogP contribution in [0.15, 0.2) is 4.99 Å². The van der Waals surface area contributed by atoms with Crippen LogP contribution < -0.4 is 10.6 Å². The third-order valence-electron chi connectivity index (χ3n) is 4.54. The molecule has 4 nitrogen and oxygen atoms in total. The fraction of sp³-hybridized carbons (Fsp3) is 0.941. The molecule has 0 aliphatic heterocycles. The second-order valence-electron chi connectivity index (χ2n) is 6.08. The van der Waals surface area contributed by atoms with Gasteiger partial charge in [-0.3, -0.25) is 4.99 Å². The Bertz CT molecular complexity index is 279. The SMILES string of the molecule is CCOCCCCNC(=NC)NCC1CCC(CC)CC1.I. The standard InChI is InChI=1S/C17H35N3O.HI/c1-4-15-8-10-16(11-9-15)14-20-17(18-3)19-12-6-7-13-21-5-2;/h15-16H,4-14H2,1-3H3,(H2,18,19,20);1H. The van der Waals surface area contributed by atoms with Crippen molar-refractivity contribution in [2.45, 2.75) is 58.8 Å². The van der Waals surface area contributed by atoms with Crippen LogP contribution in [-0.4, -0.2) is 39.3 Å². The zero-order valence-corrected chi connectivity index (χ0v) is 17.0. The van der Waals surface area contributed by atoms with Crippen molar-refractivity contribution < 1.29 is 4.74 Å². The average molecular weight is 425 g/mol. The van der Waals surface area contributed by atoms with Gasteiger partial charge in [0.25, 0.3) is 0 Å². The van der Waals surface area contributed by atoms with Crippen LogP contribution in [0.25, 0.3) is 0 Å². The lowest BCUT2D eigenvalue weighted by Crippen LogP contribution is -2.40. The maximum Gasteiger partial charge on any atom is 0.190 e. The summed E-state index contributed by atoms with van der Waals surface area (Å²) in [5.41, 5.74) is 0. The van der Waals surface area contributed by atoms with Gasteiger partial charge in [-0.15, -0.1) is 24.0 Å². The summed E-state index contributed by atoms with van der Waals surface area (Å²) in [5, 5.41) is 6.87. The molecule has 0 bridgehead atoms. The molecular formula is C17H36IN3O. The van der Waals surface area contributed by atoms with Gasteiger partial charge < -0.3 is 15.4 Å². The van der Waals surface area contributed by atoms with Crippen molar-refractivity contribution in [3.63, 3.8) is 0 Å². The number of hydrogen-bond donors (Lipinski definition) is 2. The molecule has 0 saturated heterocycles. The molecule has 5 heteroatoms. The minimum atomic E-state index is 0. The molecule has 0 spiro atoms. The smallest absolute Gasteiger partial charge is 0.190 e. The number of nitrogens with one attached hydrogen (secondary N) is 2. The molecule has 0 unspecified atom stereocenters. The van der Waals surface area contributed by atoms with Gasteiger partial charge in [-0.2, -0.15) is 0 Å². The Labute approximate surface area is 154 Å². The van der Waals surface area contributed by atoms with Crippen molar-refractivity contribution in [2.24, 2.45) is 16.8 Å². The summed E-state index contributed by atoms with van der Waals surface area (Å²) < 4.78 is 5.34. The van der Waals surface area contributed by atoms with E-state index in [0.29, 0.717) is 0 Å². The first kappa shape index (κ1) is 22.0. The van der Waals surface area contributed by atoms with Crippen LogP contribution in [0.5, 0.6) is 0 Å². The number of ether oxygens (including phenoxy) is 1. The molecule has 0 amide bonds. The quantitative estimate of drug-likeness (QED) is 0.256. The third-order valence-corrected chi connectivity index (χ3v) is 4.54. The van der Waals surface area contributed by atoms with E-state index in [-0.39, 0.29) is 24.0 Å². The number of aliphatic imine (C=N–C) groups is 1. The predicted molar refractivity (Wildman–Crippen MR) is 106 cm³/mol. The highest BCUT2D eigenvalue weighted by molar-refractivity contribution is 14.0. The van der Waals surface area contributed by atoms with E-state index in [4.69, 9.17) is 4.74 Å². The monoisotopic (exact) mass is 425 g/mol. The molecule has 0 aromatic rings. The third kappa shape index (κ3) is 9.87. The molecule has 0 radical (unpaired) electrons. The van der Waals surface area contributed by atoms with Gasteiger partial charge in [-0.1, -0.05) is 26.2 Å². The Hall–Kier alpha value is -0.0400. The zero-order valence-electron chi connectivity index (χ0n) is 14.7. The van der Waals surface area contributed by atoms with Crippen LogP contribution in [0.2, 0.25) is 0 Å². The summed E-state index contributed by atoms with van der Waals surface area (Å²) in [6.45, 7) is 8.07. The minimum Gasteiger partial charge on any atom is -0.382 e. The zero-order chi connectivity index (χ0) is 15.3. The maximum atomic E-state index is 5.34. The van der Waals surface area contributed by atoms with Gasteiger partial charge in [0.1, 0.15) is 0 Å². The Kier molecular flexibility index (Phi) is 14.5. The second kappa shape index (κ2) is 14.5. The molecular weight excluding hydrogens is 389 g/mol. The van der Waals surface area contributed by atoms with Crippen molar-refractivity contribution in [2.75, 3.05) is 33.4 Å². The van der Waals surface area contributed by atoms with Crippen molar-refractivity contribution in [3.8, 4) is 0 Å². The van der Waals surface area contributed by atoms with E-state index in [9.17, 15) is 0 Å². The summed E-state index contributed by atoms with van der Waals surface area (Å²) >= 11 is 0. The molecule has 22 heavy (non-hydrogen) atoms. The maximum absolute atomic E-state index is 5.34. The van der Waals surface area contributed by atoms with Crippen molar-refractivity contribution in [1.82, 2.24) is 10.6 Å². The van der Waals surface area contributed by atoms with E-state index in [1.54, 1.807) is 0 Å². The Morgan fingerprint density at radius 3 is 2.32 bits per heavy atom. The summed E-state index contributed by atoms with van der Waals surface area (Å²) in [5.74, 6) is 2.75. The number of hydrogen-bond acceptors (Lipinski definition) is 2. The first-order valence-corrected chi connectivity index (χ1v) is 8.82. The van der Waals surface area contributed by atoms with Gasteiger partial charge in [0.15, 0.2) is 5.96 Å².